The van der Waals surface area contributed by atoms with Crippen LogP contribution in [0.5, 0.6) is 0 Å². The summed E-state index contributed by atoms with van der Waals surface area (Å²) >= 11 is 0. The smallest absolute Gasteiger partial charge is 0.238 e. The summed E-state index contributed by atoms with van der Waals surface area (Å²) in [4.78, 5) is 13.4. The number of likely N-dealkylation sites (N-methyl/N-ethyl adjacent to an activating group) is 1. The molecule has 4 heteroatoms. The highest BCUT2D eigenvalue weighted by Gasteiger charge is 2.15. The molecule has 0 atom stereocenters. The predicted octanol–water partition coefficient (Wildman–Crippen LogP) is 1.53. The molecule has 0 aliphatic carbocycles. The average molecular weight is 215 g/mol. The molecule has 82 valence electrons. The second-order valence-electron chi connectivity index (χ2n) is 3.90. The molecule has 1 amide bonds. The van der Waals surface area contributed by atoms with Crippen LogP contribution in [0.15, 0.2) is 18.2 Å². The van der Waals surface area contributed by atoms with Crippen molar-refractivity contribution < 1.29 is 4.79 Å². The van der Waals surface area contributed by atoms with Gasteiger partial charge in [0.1, 0.15) is 6.42 Å². The molecule has 0 bridgehead atoms. The number of nitrogens with one attached hydrogen (secondary N) is 1. The zero-order valence-corrected chi connectivity index (χ0v) is 9.16. The Morgan fingerprint density at radius 1 is 1.62 bits per heavy atom. The number of anilines is 2. The number of benzene rings is 1. The quantitative estimate of drug-likeness (QED) is 0.814. The largest absolute Gasteiger partial charge is 0.374 e. The van der Waals surface area contributed by atoms with E-state index in [0.29, 0.717) is 0 Å². The fourth-order valence-corrected chi connectivity index (χ4v) is 1.92. The Balaban J connectivity index is 2.14. The van der Waals surface area contributed by atoms with Crippen LogP contribution in [-0.4, -0.2) is 19.5 Å². The SMILES string of the molecule is CN1CCc2cc(NC(=O)CC#N)ccc21. The molecule has 0 fully saturated rings. The summed E-state index contributed by atoms with van der Waals surface area (Å²) in [6.07, 6.45) is 0.908. The zero-order chi connectivity index (χ0) is 11.5. The lowest BCUT2D eigenvalue weighted by Crippen LogP contribution is -2.12. The van der Waals surface area contributed by atoms with Gasteiger partial charge in [-0.3, -0.25) is 4.79 Å². The van der Waals surface area contributed by atoms with Gasteiger partial charge in [-0.2, -0.15) is 5.26 Å². The van der Waals surface area contributed by atoms with Gasteiger partial charge in [-0.15, -0.1) is 0 Å². The molecule has 1 heterocycles. The molecule has 0 aromatic heterocycles. The van der Waals surface area contributed by atoms with Crippen molar-refractivity contribution in [2.45, 2.75) is 12.8 Å². The second kappa shape index (κ2) is 4.23. The first-order chi connectivity index (χ1) is 7.70. The molecule has 1 aromatic rings. The van der Waals surface area contributed by atoms with E-state index in [1.807, 2.05) is 24.3 Å². The lowest BCUT2D eigenvalue weighted by molar-refractivity contribution is -0.115. The monoisotopic (exact) mass is 215 g/mol. The first kappa shape index (κ1) is 10.5. The topological polar surface area (TPSA) is 56.1 Å². The van der Waals surface area contributed by atoms with Crippen LogP contribution in [0.1, 0.15) is 12.0 Å². The molecule has 1 N–H and O–H groups in total. The van der Waals surface area contributed by atoms with Gasteiger partial charge in [-0.25, -0.2) is 0 Å². The summed E-state index contributed by atoms with van der Waals surface area (Å²) in [5, 5.41) is 11.1. The van der Waals surface area contributed by atoms with Crippen molar-refractivity contribution in [3.8, 4) is 6.07 Å². The fourth-order valence-electron chi connectivity index (χ4n) is 1.92. The maximum atomic E-state index is 11.2. The number of carbonyl (C=O) groups excluding carboxylic acids is 1. The third kappa shape index (κ3) is 1.98. The first-order valence-corrected chi connectivity index (χ1v) is 5.21. The summed E-state index contributed by atoms with van der Waals surface area (Å²) in [6.45, 7) is 1.02. The van der Waals surface area contributed by atoms with E-state index in [-0.39, 0.29) is 12.3 Å². The average Bonchev–Trinajstić information content (AvgIpc) is 2.60. The van der Waals surface area contributed by atoms with Crippen LogP contribution in [-0.2, 0) is 11.2 Å². The van der Waals surface area contributed by atoms with Crippen LogP contribution in [0.3, 0.4) is 0 Å². The van der Waals surface area contributed by atoms with Crippen LogP contribution in [0.4, 0.5) is 11.4 Å². The molecule has 16 heavy (non-hydrogen) atoms. The van der Waals surface area contributed by atoms with Gasteiger partial charge in [-0.05, 0) is 30.2 Å². The number of amides is 1. The molecular formula is C12H13N3O. The second-order valence-corrected chi connectivity index (χ2v) is 3.90. The standard InChI is InChI=1S/C12H13N3O/c1-15-7-5-9-8-10(2-3-11(9)15)14-12(16)4-6-13/h2-3,8H,4-5,7H2,1H3,(H,14,16). The van der Waals surface area contributed by atoms with Gasteiger partial charge in [0.25, 0.3) is 0 Å². The van der Waals surface area contributed by atoms with Crippen molar-refractivity contribution in [3.63, 3.8) is 0 Å². The minimum absolute atomic E-state index is 0.100. The molecule has 1 aromatic carbocycles. The number of hydrogen-bond acceptors (Lipinski definition) is 3. The molecule has 2 rings (SSSR count). The Morgan fingerprint density at radius 2 is 2.44 bits per heavy atom. The Labute approximate surface area is 94.5 Å². The summed E-state index contributed by atoms with van der Waals surface area (Å²) in [6, 6.07) is 7.68. The Hall–Kier alpha value is -2.02. The van der Waals surface area contributed by atoms with Crippen molar-refractivity contribution in [1.82, 2.24) is 0 Å². The van der Waals surface area contributed by atoms with Crippen molar-refractivity contribution in [3.05, 3.63) is 23.8 Å². The van der Waals surface area contributed by atoms with Crippen molar-refractivity contribution in [2.24, 2.45) is 0 Å². The minimum Gasteiger partial charge on any atom is -0.374 e. The molecule has 0 saturated carbocycles. The lowest BCUT2D eigenvalue weighted by Gasteiger charge is -2.12. The molecule has 0 spiro atoms. The van der Waals surface area contributed by atoms with E-state index in [2.05, 4.69) is 17.3 Å². The molecule has 1 aliphatic rings. The third-order valence-electron chi connectivity index (χ3n) is 2.73. The van der Waals surface area contributed by atoms with Crippen LogP contribution < -0.4 is 10.2 Å². The van der Waals surface area contributed by atoms with Gasteiger partial charge in [0.2, 0.25) is 5.91 Å². The van der Waals surface area contributed by atoms with E-state index in [0.717, 1.165) is 18.7 Å². The van der Waals surface area contributed by atoms with E-state index in [1.54, 1.807) is 0 Å². The first-order valence-electron chi connectivity index (χ1n) is 5.21. The Bertz CT molecular complexity index is 462. The molecule has 0 radical (unpaired) electrons. The van der Waals surface area contributed by atoms with Gasteiger partial charge in [0.15, 0.2) is 0 Å². The van der Waals surface area contributed by atoms with Crippen LogP contribution >= 0.6 is 0 Å². The lowest BCUT2D eigenvalue weighted by atomic mass is 10.1. The predicted molar refractivity (Wildman–Crippen MR) is 62.3 cm³/mol. The summed E-state index contributed by atoms with van der Waals surface area (Å²) in [5.74, 6) is -0.256. The number of hydrogen-bond donors (Lipinski definition) is 1. The van der Waals surface area contributed by atoms with E-state index >= 15 is 0 Å². The van der Waals surface area contributed by atoms with Gasteiger partial charge in [0, 0.05) is 25.0 Å². The molecule has 0 saturated heterocycles. The maximum Gasteiger partial charge on any atom is 0.238 e. The molecular weight excluding hydrogens is 202 g/mol. The zero-order valence-electron chi connectivity index (χ0n) is 9.16. The van der Waals surface area contributed by atoms with E-state index in [1.165, 1.54) is 11.3 Å². The summed E-state index contributed by atoms with van der Waals surface area (Å²) in [5.41, 5.74) is 3.24. The highest BCUT2D eigenvalue weighted by Crippen LogP contribution is 2.29. The van der Waals surface area contributed by atoms with Crippen molar-refractivity contribution in [1.29, 1.82) is 5.26 Å². The molecule has 4 nitrogen and oxygen atoms in total. The van der Waals surface area contributed by atoms with Crippen molar-refractivity contribution >= 4 is 17.3 Å². The highest BCUT2D eigenvalue weighted by atomic mass is 16.1. The minimum atomic E-state index is -0.256. The van der Waals surface area contributed by atoms with Crippen molar-refractivity contribution in [2.75, 3.05) is 23.8 Å². The normalized spacial score (nSPS) is 13.1. The maximum absolute atomic E-state index is 11.2. The molecule has 0 unspecified atom stereocenters. The number of nitriles is 1. The van der Waals surface area contributed by atoms with Gasteiger partial charge in [0.05, 0.1) is 6.07 Å². The van der Waals surface area contributed by atoms with Crippen LogP contribution in [0.25, 0.3) is 0 Å². The number of carbonyl (C=O) groups is 1. The number of rotatable bonds is 2. The van der Waals surface area contributed by atoms with E-state index in [9.17, 15) is 4.79 Å². The van der Waals surface area contributed by atoms with E-state index in [4.69, 9.17) is 5.26 Å². The Morgan fingerprint density at radius 3 is 3.19 bits per heavy atom. The van der Waals surface area contributed by atoms with Crippen LogP contribution in [0, 0.1) is 11.3 Å². The number of fused-ring (bicyclic) bond motifs is 1. The van der Waals surface area contributed by atoms with Gasteiger partial charge in [-0.1, -0.05) is 0 Å². The third-order valence-corrected chi connectivity index (χ3v) is 2.73. The molecule has 1 aliphatic heterocycles. The van der Waals surface area contributed by atoms with E-state index < -0.39 is 0 Å². The Kier molecular flexibility index (Phi) is 2.78. The summed E-state index contributed by atoms with van der Waals surface area (Å²) < 4.78 is 0. The highest BCUT2D eigenvalue weighted by molar-refractivity contribution is 5.92. The van der Waals surface area contributed by atoms with Gasteiger partial charge < -0.3 is 10.2 Å². The van der Waals surface area contributed by atoms with Gasteiger partial charge >= 0.3 is 0 Å². The fraction of sp³-hybridized carbons (Fsp3) is 0.333. The summed E-state index contributed by atoms with van der Waals surface area (Å²) in [7, 11) is 2.06. The number of nitrogens with zero attached hydrogens (tertiary/aromatic N) is 2. The van der Waals surface area contributed by atoms with Crippen LogP contribution in [0.2, 0.25) is 0 Å².